The summed E-state index contributed by atoms with van der Waals surface area (Å²) >= 11 is 0. The first-order valence-electron chi connectivity index (χ1n) is 7.70. The minimum Gasteiger partial charge on any atom is -0.379 e. The second-order valence-electron chi connectivity index (χ2n) is 6.02. The fraction of sp³-hybridized carbons (Fsp3) is 0.278. The highest BCUT2D eigenvalue weighted by molar-refractivity contribution is 6.05. The Balaban J connectivity index is 1.68. The molecule has 0 spiro atoms. The van der Waals surface area contributed by atoms with Crippen molar-refractivity contribution >= 4 is 11.6 Å². The van der Waals surface area contributed by atoms with E-state index in [1.807, 2.05) is 19.1 Å². The molecule has 3 rings (SSSR count). The van der Waals surface area contributed by atoms with Crippen LogP contribution in [0.3, 0.4) is 0 Å². The smallest absolute Gasteiger partial charge is 0.267 e. The molecule has 5 nitrogen and oxygen atoms in total. The Labute approximate surface area is 139 Å². The van der Waals surface area contributed by atoms with Crippen molar-refractivity contribution in [2.24, 2.45) is 5.16 Å². The topological polar surface area (TPSA) is 63.6 Å². The number of nitrogens with one attached hydrogen (secondary N) is 1. The minimum atomic E-state index is -1.11. The number of benzene rings is 1. The molecule has 1 N–H and O–H groups in total. The summed E-state index contributed by atoms with van der Waals surface area (Å²) in [6.07, 6.45) is 3.64. The summed E-state index contributed by atoms with van der Waals surface area (Å²) in [5.41, 5.74) is 1.02. The summed E-state index contributed by atoms with van der Waals surface area (Å²) in [6, 6.07) is 9.60. The Hall–Kier alpha value is -2.76. The van der Waals surface area contributed by atoms with Crippen LogP contribution < -0.4 is 5.32 Å². The molecule has 1 aliphatic heterocycles. The maximum absolute atomic E-state index is 13.4. The summed E-state index contributed by atoms with van der Waals surface area (Å²) < 4.78 is 13.4. The van der Waals surface area contributed by atoms with E-state index in [1.54, 1.807) is 31.5 Å². The minimum absolute atomic E-state index is 0.181. The molecule has 0 saturated heterocycles. The fourth-order valence-corrected chi connectivity index (χ4v) is 2.57. The molecule has 0 fully saturated rings. The molecule has 2 atom stereocenters. The second-order valence-corrected chi connectivity index (χ2v) is 6.02. The SMILES string of the molecule is CC(NC(=O)C1(C)CC(c2cccc(F)c2)=NO1)c1ccncc1. The van der Waals surface area contributed by atoms with Crippen molar-refractivity contribution in [1.29, 1.82) is 0 Å². The van der Waals surface area contributed by atoms with E-state index in [0.29, 0.717) is 11.3 Å². The number of oxime groups is 1. The molecule has 2 heterocycles. The largest absolute Gasteiger partial charge is 0.379 e. The van der Waals surface area contributed by atoms with Crippen molar-refractivity contribution in [2.45, 2.75) is 31.9 Å². The molecule has 0 saturated carbocycles. The third-order valence-corrected chi connectivity index (χ3v) is 4.05. The number of pyridine rings is 1. The van der Waals surface area contributed by atoms with Crippen LogP contribution in [0.25, 0.3) is 0 Å². The van der Waals surface area contributed by atoms with E-state index in [9.17, 15) is 9.18 Å². The number of carbonyl (C=O) groups is 1. The molecule has 1 aliphatic rings. The highest BCUT2D eigenvalue weighted by Gasteiger charge is 2.42. The maximum Gasteiger partial charge on any atom is 0.267 e. The van der Waals surface area contributed by atoms with Crippen molar-refractivity contribution in [3.63, 3.8) is 0 Å². The Morgan fingerprint density at radius 2 is 2.08 bits per heavy atom. The number of halogens is 1. The molecule has 0 aliphatic carbocycles. The molecule has 1 aromatic carbocycles. The van der Waals surface area contributed by atoms with Crippen molar-refractivity contribution in [1.82, 2.24) is 10.3 Å². The molecule has 2 aromatic rings. The maximum atomic E-state index is 13.4. The molecular formula is C18H18FN3O2. The number of hydrogen-bond donors (Lipinski definition) is 1. The van der Waals surface area contributed by atoms with E-state index >= 15 is 0 Å². The summed E-state index contributed by atoms with van der Waals surface area (Å²) in [5.74, 6) is -0.610. The van der Waals surface area contributed by atoms with E-state index in [0.717, 1.165) is 5.56 Å². The van der Waals surface area contributed by atoms with Gasteiger partial charge in [-0.05, 0) is 43.7 Å². The number of carbonyl (C=O) groups excluding carboxylic acids is 1. The third-order valence-electron chi connectivity index (χ3n) is 4.05. The van der Waals surface area contributed by atoms with Gasteiger partial charge in [0.2, 0.25) is 5.60 Å². The van der Waals surface area contributed by atoms with Crippen LogP contribution in [0.5, 0.6) is 0 Å². The molecule has 124 valence electrons. The van der Waals surface area contributed by atoms with E-state index in [4.69, 9.17) is 4.84 Å². The number of rotatable bonds is 4. The van der Waals surface area contributed by atoms with Gasteiger partial charge in [-0.25, -0.2) is 4.39 Å². The standard InChI is InChI=1S/C18H18FN3O2/c1-12(13-6-8-20-9-7-13)21-17(23)18(2)11-16(22-24-18)14-4-3-5-15(19)10-14/h3-10,12H,11H2,1-2H3,(H,21,23). The number of hydrogen-bond acceptors (Lipinski definition) is 4. The highest BCUT2D eigenvalue weighted by Crippen LogP contribution is 2.28. The Morgan fingerprint density at radius 3 is 2.79 bits per heavy atom. The molecular weight excluding hydrogens is 309 g/mol. The zero-order valence-electron chi connectivity index (χ0n) is 13.5. The van der Waals surface area contributed by atoms with Gasteiger partial charge in [-0.3, -0.25) is 9.78 Å². The monoisotopic (exact) mass is 327 g/mol. The molecule has 24 heavy (non-hydrogen) atoms. The van der Waals surface area contributed by atoms with Gasteiger partial charge in [-0.15, -0.1) is 0 Å². The normalized spacial score (nSPS) is 20.9. The van der Waals surface area contributed by atoms with Crippen LogP contribution in [0.4, 0.5) is 4.39 Å². The molecule has 1 amide bonds. The Bertz CT molecular complexity index is 779. The van der Waals surface area contributed by atoms with Crippen LogP contribution >= 0.6 is 0 Å². The molecule has 6 heteroatoms. The average Bonchev–Trinajstić information content (AvgIpc) is 2.99. The summed E-state index contributed by atoms with van der Waals surface area (Å²) in [6.45, 7) is 3.57. The zero-order chi connectivity index (χ0) is 17.2. The molecule has 0 radical (unpaired) electrons. The van der Waals surface area contributed by atoms with Crippen LogP contribution in [0, 0.1) is 5.82 Å². The van der Waals surface area contributed by atoms with E-state index in [2.05, 4.69) is 15.5 Å². The van der Waals surface area contributed by atoms with Crippen molar-refractivity contribution < 1.29 is 14.0 Å². The lowest BCUT2D eigenvalue weighted by atomic mass is 9.94. The van der Waals surface area contributed by atoms with Crippen LogP contribution in [0.1, 0.15) is 37.4 Å². The third kappa shape index (κ3) is 3.27. The molecule has 2 unspecified atom stereocenters. The van der Waals surface area contributed by atoms with Gasteiger partial charge in [-0.1, -0.05) is 17.3 Å². The lowest BCUT2D eigenvalue weighted by Gasteiger charge is -2.23. The second kappa shape index (κ2) is 6.39. The quantitative estimate of drug-likeness (QED) is 0.939. The Morgan fingerprint density at radius 1 is 1.33 bits per heavy atom. The van der Waals surface area contributed by atoms with Crippen LogP contribution in [0.15, 0.2) is 53.9 Å². The van der Waals surface area contributed by atoms with Gasteiger partial charge in [0.1, 0.15) is 5.82 Å². The first-order chi connectivity index (χ1) is 11.5. The predicted molar refractivity (Wildman–Crippen MR) is 87.8 cm³/mol. The predicted octanol–water partition coefficient (Wildman–Crippen LogP) is 2.98. The molecule has 1 aromatic heterocycles. The van der Waals surface area contributed by atoms with Crippen molar-refractivity contribution in [3.8, 4) is 0 Å². The van der Waals surface area contributed by atoms with E-state index in [-0.39, 0.29) is 24.2 Å². The van der Waals surface area contributed by atoms with E-state index in [1.165, 1.54) is 12.1 Å². The fourth-order valence-electron chi connectivity index (χ4n) is 2.57. The van der Waals surface area contributed by atoms with Crippen LogP contribution in [-0.2, 0) is 9.63 Å². The summed E-state index contributed by atoms with van der Waals surface area (Å²) in [4.78, 5) is 21.9. The summed E-state index contributed by atoms with van der Waals surface area (Å²) in [5, 5.41) is 6.90. The van der Waals surface area contributed by atoms with Crippen molar-refractivity contribution in [3.05, 3.63) is 65.7 Å². The van der Waals surface area contributed by atoms with Gasteiger partial charge in [0, 0.05) is 24.4 Å². The highest BCUT2D eigenvalue weighted by atomic mass is 19.1. The lowest BCUT2D eigenvalue weighted by molar-refractivity contribution is -0.142. The van der Waals surface area contributed by atoms with Gasteiger partial charge in [0.15, 0.2) is 0 Å². The lowest BCUT2D eigenvalue weighted by Crippen LogP contribution is -2.45. The van der Waals surface area contributed by atoms with Crippen LogP contribution in [-0.4, -0.2) is 22.2 Å². The first-order valence-corrected chi connectivity index (χ1v) is 7.70. The number of nitrogens with zero attached hydrogens (tertiary/aromatic N) is 2. The Kier molecular flexibility index (Phi) is 4.29. The first kappa shape index (κ1) is 16.1. The van der Waals surface area contributed by atoms with Crippen LogP contribution in [0.2, 0.25) is 0 Å². The average molecular weight is 327 g/mol. The van der Waals surface area contributed by atoms with Gasteiger partial charge in [0.25, 0.3) is 5.91 Å². The molecule has 0 bridgehead atoms. The van der Waals surface area contributed by atoms with Gasteiger partial charge < -0.3 is 10.2 Å². The van der Waals surface area contributed by atoms with E-state index < -0.39 is 5.60 Å². The van der Waals surface area contributed by atoms with Crippen molar-refractivity contribution in [2.75, 3.05) is 0 Å². The number of aromatic nitrogens is 1. The summed E-state index contributed by atoms with van der Waals surface area (Å²) in [7, 11) is 0. The van der Waals surface area contributed by atoms with Gasteiger partial charge in [0.05, 0.1) is 11.8 Å². The van der Waals surface area contributed by atoms with Gasteiger partial charge in [-0.2, -0.15) is 0 Å². The zero-order valence-corrected chi connectivity index (χ0v) is 13.5. The number of amides is 1. The van der Waals surface area contributed by atoms with Gasteiger partial charge >= 0.3 is 0 Å².